The quantitative estimate of drug-likeness (QED) is 0.535. The van der Waals surface area contributed by atoms with Crippen molar-refractivity contribution in [1.82, 2.24) is 25.4 Å². The average molecular weight is 366 g/mol. The van der Waals surface area contributed by atoms with E-state index >= 15 is 0 Å². The van der Waals surface area contributed by atoms with Crippen molar-refractivity contribution < 1.29 is 4.42 Å². The Morgan fingerprint density at radius 2 is 2.26 bits per heavy atom. The molecule has 7 nitrogen and oxygen atoms in total. The maximum Gasteiger partial charge on any atom is 0.191 e. The minimum absolute atomic E-state index is 0.308. The number of nitrogens with zero attached hydrogens (tertiary/aromatic N) is 4. The first kappa shape index (κ1) is 17.6. The van der Waals surface area contributed by atoms with E-state index in [1.165, 1.54) is 0 Å². The summed E-state index contributed by atoms with van der Waals surface area (Å²) in [4.78, 5) is 9.19. The molecule has 27 heavy (non-hydrogen) atoms. The minimum Gasteiger partial charge on any atom is -0.461 e. The van der Waals surface area contributed by atoms with Crippen LogP contribution in [0.3, 0.4) is 0 Å². The van der Waals surface area contributed by atoms with Crippen LogP contribution in [-0.2, 0) is 19.4 Å². The Bertz CT molecular complexity index is 908. The van der Waals surface area contributed by atoms with Crippen LogP contribution in [0.2, 0.25) is 0 Å². The highest BCUT2D eigenvalue weighted by atomic mass is 16.3. The predicted octanol–water partition coefficient (Wildman–Crippen LogP) is 2.45. The zero-order valence-electron chi connectivity index (χ0n) is 15.9. The van der Waals surface area contributed by atoms with Gasteiger partial charge < -0.3 is 15.1 Å². The summed E-state index contributed by atoms with van der Waals surface area (Å²) < 4.78 is 7.88. The van der Waals surface area contributed by atoms with Crippen molar-refractivity contribution >= 4 is 16.9 Å². The molecular weight excluding hydrogens is 340 g/mol. The summed E-state index contributed by atoms with van der Waals surface area (Å²) >= 11 is 0. The first-order valence-corrected chi connectivity index (χ1v) is 9.64. The summed E-state index contributed by atoms with van der Waals surface area (Å²) in [6, 6.07) is 10.5. The van der Waals surface area contributed by atoms with Crippen LogP contribution in [0.4, 0.5) is 0 Å². The Balaban J connectivity index is 1.37. The Hall–Kier alpha value is -2.83. The third-order valence-corrected chi connectivity index (χ3v) is 4.75. The highest BCUT2D eigenvalue weighted by molar-refractivity contribution is 5.80. The molecular formula is C20H26N6O. The second kappa shape index (κ2) is 7.82. The molecule has 0 saturated carbocycles. The van der Waals surface area contributed by atoms with Crippen LogP contribution in [0.15, 0.2) is 39.7 Å². The lowest BCUT2D eigenvalue weighted by Crippen LogP contribution is -2.47. The fourth-order valence-corrected chi connectivity index (χ4v) is 3.50. The van der Waals surface area contributed by atoms with Crippen molar-refractivity contribution in [3.63, 3.8) is 0 Å². The van der Waals surface area contributed by atoms with Crippen molar-refractivity contribution in [2.24, 2.45) is 4.99 Å². The Morgan fingerprint density at radius 1 is 1.37 bits per heavy atom. The number of aliphatic imine (C=N–C) groups is 1. The number of guanidine groups is 1. The number of para-hydroxylation sites is 1. The number of aryl methyl sites for hydroxylation is 2. The van der Waals surface area contributed by atoms with Crippen LogP contribution in [-0.4, -0.2) is 39.9 Å². The van der Waals surface area contributed by atoms with Crippen LogP contribution in [0.1, 0.15) is 30.8 Å². The largest absolute Gasteiger partial charge is 0.461 e. The lowest BCUT2D eigenvalue weighted by molar-refractivity contribution is 0.392. The van der Waals surface area contributed by atoms with Gasteiger partial charge >= 0.3 is 0 Å². The Kier molecular flexibility index (Phi) is 5.09. The van der Waals surface area contributed by atoms with Crippen LogP contribution >= 0.6 is 0 Å². The molecule has 0 fully saturated rings. The fourth-order valence-electron chi connectivity index (χ4n) is 3.50. The van der Waals surface area contributed by atoms with Crippen LogP contribution in [0.25, 0.3) is 11.0 Å². The lowest BCUT2D eigenvalue weighted by atomic mass is 10.1. The fraction of sp³-hybridized carbons (Fsp3) is 0.450. The smallest absolute Gasteiger partial charge is 0.191 e. The maximum absolute atomic E-state index is 5.87. The second-order valence-corrected chi connectivity index (χ2v) is 6.90. The van der Waals surface area contributed by atoms with Gasteiger partial charge in [0.15, 0.2) is 5.96 Å². The van der Waals surface area contributed by atoms with E-state index in [4.69, 9.17) is 9.41 Å². The summed E-state index contributed by atoms with van der Waals surface area (Å²) in [6.07, 6.45) is 2.76. The molecule has 142 valence electrons. The van der Waals surface area contributed by atoms with Gasteiger partial charge in [0.25, 0.3) is 0 Å². The first-order valence-electron chi connectivity index (χ1n) is 9.64. The SMILES string of the molecule is CCNC(=NCCc1cc2ccccc2o1)NC1CCc2nc(C)nn2C1. The molecule has 3 heterocycles. The van der Waals surface area contributed by atoms with Crippen molar-refractivity contribution in [3.05, 3.63) is 47.7 Å². The van der Waals surface area contributed by atoms with E-state index in [2.05, 4.69) is 39.8 Å². The number of furan rings is 1. The molecule has 2 N–H and O–H groups in total. The third kappa shape index (κ3) is 4.13. The van der Waals surface area contributed by atoms with Gasteiger partial charge in [-0.3, -0.25) is 4.99 Å². The van der Waals surface area contributed by atoms with Crippen molar-refractivity contribution in [2.45, 2.75) is 45.7 Å². The van der Waals surface area contributed by atoms with Gasteiger partial charge in [-0.2, -0.15) is 5.10 Å². The third-order valence-electron chi connectivity index (χ3n) is 4.75. The summed E-state index contributed by atoms with van der Waals surface area (Å²) in [5, 5.41) is 12.5. The van der Waals surface area contributed by atoms with E-state index in [0.717, 1.165) is 66.7 Å². The minimum atomic E-state index is 0.308. The van der Waals surface area contributed by atoms with Gasteiger partial charge in [0.2, 0.25) is 0 Å². The monoisotopic (exact) mass is 366 g/mol. The maximum atomic E-state index is 5.87. The summed E-state index contributed by atoms with van der Waals surface area (Å²) in [5.41, 5.74) is 0.933. The van der Waals surface area contributed by atoms with Crippen LogP contribution in [0, 0.1) is 6.92 Å². The number of hydrogen-bond acceptors (Lipinski definition) is 4. The van der Waals surface area contributed by atoms with Crippen LogP contribution < -0.4 is 10.6 Å². The predicted molar refractivity (Wildman–Crippen MR) is 106 cm³/mol. The molecule has 0 amide bonds. The molecule has 2 aromatic heterocycles. The zero-order chi connectivity index (χ0) is 18.6. The van der Waals surface area contributed by atoms with Gasteiger partial charge in [0.1, 0.15) is 23.0 Å². The van der Waals surface area contributed by atoms with Crippen molar-refractivity contribution in [3.8, 4) is 0 Å². The number of fused-ring (bicyclic) bond motifs is 2. The molecule has 0 bridgehead atoms. The molecule has 1 unspecified atom stereocenters. The second-order valence-electron chi connectivity index (χ2n) is 6.90. The van der Waals surface area contributed by atoms with Crippen LogP contribution in [0.5, 0.6) is 0 Å². The van der Waals surface area contributed by atoms with E-state index in [0.29, 0.717) is 12.6 Å². The molecule has 0 saturated heterocycles. The van der Waals surface area contributed by atoms with E-state index in [-0.39, 0.29) is 0 Å². The summed E-state index contributed by atoms with van der Waals surface area (Å²) in [5.74, 6) is 3.74. The molecule has 4 rings (SSSR count). The molecule has 0 aliphatic carbocycles. The summed E-state index contributed by atoms with van der Waals surface area (Å²) in [7, 11) is 0. The highest BCUT2D eigenvalue weighted by Gasteiger charge is 2.21. The van der Waals surface area contributed by atoms with Gasteiger partial charge in [-0.1, -0.05) is 18.2 Å². The molecule has 1 aromatic carbocycles. The first-order chi connectivity index (χ1) is 13.2. The van der Waals surface area contributed by atoms with E-state index < -0.39 is 0 Å². The van der Waals surface area contributed by atoms with Gasteiger partial charge in [-0.25, -0.2) is 9.67 Å². The highest BCUT2D eigenvalue weighted by Crippen LogP contribution is 2.19. The number of benzene rings is 1. The molecule has 0 radical (unpaired) electrons. The zero-order valence-corrected chi connectivity index (χ0v) is 15.9. The summed E-state index contributed by atoms with van der Waals surface area (Å²) in [6.45, 7) is 6.35. The van der Waals surface area contributed by atoms with E-state index in [1.807, 2.05) is 29.8 Å². The Morgan fingerprint density at radius 3 is 3.11 bits per heavy atom. The molecule has 1 aliphatic heterocycles. The van der Waals surface area contributed by atoms with Gasteiger partial charge in [0, 0.05) is 37.4 Å². The van der Waals surface area contributed by atoms with Gasteiger partial charge in [0.05, 0.1) is 6.54 Å². The average Bonchev–Trinajstić information content (AvgIpc) is 3.23. The standard InChI is InChI=1S/C20H26N6O/c1-3-21-20(24-16-8-9-19-23-14(2)25-26(19)13-16)22-11-10-17-12-15-6-4-5-7-18(15)27-17/h4-7,12,16H,3,8-11,13H2,1-2H3,(H2,21,22,24). The number of hydrogen-bond donors (Lipinski definition) is 2. The van der Waals surface area contributed by atoms with Gasteiger partial charge in [-0.15, -0.1) is 0 Å². The number of aromatic nitrogens is 3. The lowest BCUT2D eigenvalue weighted by Gasteiger charge is -2.25. The van der Waals surface area contributed by atoms with Gasteiger partial charge in [-0.05, 0) is 32.4 Å². The molecule has 0 spiro atoms. The number of nitrogens with one attached hydrogen (secondary N) is 2. The molecule has 1 aliphatic rings. The normalized spacial score (nSPS) is 17.1. The Labute approximate surface area is 158 Å². The van der Waals surface area contributed by atoms with E-state index in [9.17, 15) is 0 Å². The number of rotatable bonds is 5. The topological polar surface area (TPSA) is 80.3 Å². The van der Waals surface area contributed by atoms with E-state index in [1.54, 1.807) is 0 Å². The molecule has 1 atom stereocenters. The van der Waals surface area contributed by atoms with Crippen molar-refractivity contribution in [2.75, 3.05) is 13.1 Å². The van der Waals surface area contributed by atoms with Crippen molar-refractivity contribution in [1.29, 1.82) is 0 Å². The molecule has 7 heteroatoms. The molecule has 3 aromatic rings.